The lowest BCUT2D eigenvalue weighted by Gasteiger charge is -2.13. The van der Waals surface area contributed by atoms with Gasteiger partial charge < -0.3 is 20.5 Å². The summed E-state index contributed by atoms with van der Waals surface area (Å²) in [6.07, 6.45) is 1.32. The maximum Gasteiger partial charge on any atom is 0.253 e. The molecule has 1 fully saturated rings. The molecule has 0 spiro atoms. The Hall–Kier alpha value is -1.75. The fourth-order valence-corrected chi connectivity index (χ4v) is 1.77. The smallest absolute Gasteiger partial charge is 0.253 e. The quantitative estimate of drug-likeness (QED) is 0.778. The summed E-state index contributed by atoms with van der Waals surface area (Å²) in [7, 11) is 1.57. The molecule has 1 atom stereocenters. The molecule has 5 heteroatoms. The van der Waals surface area contributed by atoms with E-state index in [-0.39, 0.29) is 12.0 Å². The molecule has 1 aromatic carbocycles. The number of nitrogens with two attached hydrogens (primary N) is 1. The van der Waals surface area contributed by atoms with E-state index in [1.807, 2.05) is 0 Å². The molecule has 1 saturated heterocycles. The van der Waals surface area contributed by atoms with Gasteiger partial charge in [-0.15, -0.1) is 0 Å². The Morgan fingerprint density at radius 3 is 3.06 bits per heavy atom. The Kier molecular flexibility index (Phi) is 3.49. The van der Waals surface area contributed by atoms with E-state index in [9.17, 15) is 4.79 Å². The summed E-state index contributed by atoms with van der Waals surface area (Å²) in [5.41, 5.74) is 6.85. The van der Waals surface area contributed by atoms with Crippen molar-refractivity contribution in [2.24, 2.45) is 0 Å². The Labute approximate surface area is 99.9 Å². The highest BCUT2D eigenvalue weighted by Gasteiger charge is 2.24. The molecule has 0 bridgehead atoms. The van der Waals surface area contributed by atoms with Crippen LogP contribution in [0.3, 0.4) is 0 Å². The van der Waals surface area contributed by atoms with Gasteiger partial charge in [0.05, 0.1) is 18.5 Å². The van der Waals surface area contributed by atoms with Crippen molar-refractivity contribution in [3.8, 4) is 5.75 Å². The van der Waals surface area contributed by atoms with Gasteiger partial charge in [-0.3, -0.25) is 4.79 Å². The number of anilines is 2. The molecule has 1 aliphatic rings. The van der Waals surface area contributed by atoms with Gasteiger partial charge in [0.1, 0.15) is 11.9 Å². The zero-order chi connectivity index (χ0) is 12.3. The maximum absolute atomic E-state index is 11.8. The minimum atomic E-state index is -0.361. The Bertz CT molecular complexity index is 414. The largest absolute Gasteiger partial charge is 0.497 e. The lowest BCUT2D eigenvalue weighted by atomic mass is 10.2. The van der Waals surface area contributed by atoms with Crippen molar-refractivity contribution in [1.82, 2.24) is 0 Å². The molecule has 5 nitrogen and oxygen atoms in total. The van der Waals surface area contributed by atoms with Gasteiger partial charge in [-0.1, -0.05) is 0 Å². The number of benzene rings is 1. The number of amides is 1. The van der Waals surface area contributed by atoms with E-state index < -0.39 is 0 Å². The average Bonchev–Trinajstić information content (AvgIpc) is 2.85. The number of hydrogen-bond acceptors (Lipinski definition) is 4. The number of carbonyl (C=O) groups is 1. The van der Waals surface area contributed by atoms with Crippen molar-refractivity contribution < 1.29 is 14.3 Å². The fourth-order valence-electron chi connectivity index (χ4n) is 1.77. The number of methoxy groups -OCH3 is 1. The number of ether oxygens (including phenoxy) is 2. The minimum Gasteiger partial charge on any atom is -0.497 e. The number of carbonyl (C=O) groups excluding carboxylic acids is 1. The highest BCUT2D eigenvalue weighted by atomic mass is 16.5. The van der Waals surface area contributed by atoms with Crippen LogP contribution in [0, 0.1) is 0 Å². The molecule has 0 saturated carbocycles. The molecule has 1 aliphatic heterocycles. The van der Waals surface area contributed by atoms with Crippen LogP contribution in [0.5, 0.6) is 5.75 Å². The Morgan fingerprint density at radius 2 is 2.41 bits per heavy atom. The topological polar surface area (TPSA) is 73.6 Å². The third kappa shape index (κ3) is 2.68. The van der Waals surface area contributed by atoms with Crippen molar-refractivity contribution in [2.45, 2.75) is 18.9 Å². The molecular formula is C12H16N2O3. The second-order valence-electron chi connectivity index (χ2n) is 3.94. The molecule has 2 rings (SSSR count). The Morgan fingerprint density at radius 1 is 1.59 bits per heavy atom. The summed E-state index contributed by atoms with van der Waals surface area (Å²) in [6, 6.07) is 5.14. The van der Waals surface area contributed by atoms with Gasteiger partial charge >= 0.3 is 0 Å². The molecule has 1 heterocycles. The molecule has 17 heavy (non-hydrogen) atoms. The zero-order valence-electron chi connectivity index (χ0n) is 9.73. The van der Waals surface area contributed by atoms with E-state index in [0.29, 0.717) is 23.7 Å². The van der Waals surface area contributed by atoms with Crippen LogP contribution in [-0.4, -0.2) is 25.7 Å². The average molecular weight is 236 g/mol. The highest BCUT2D eigenvalue weighted by Crippen LogP contribution is 2.25. The van der Waals surface area contributed by atoms with Crippen molar-refractivity contribution in [1.29, 1.82) is 0 Å². The minimum absolute atomic E-state index is 0.151. The van der Waals surface area contributed by atoms with Crippen LogP contribution in [0.25, 0.3) is 0 Å². The van der Waals surface area contributed by atoms with E-state index in [1.54, 1.807) is 25.3 Å². The molecule has 3 N–H and O–H groups in total. The van der Waals surface area contributed by atoms with Crippen LogP contribution in [-0.2, 0) is 9.53 Å². The van der Waals surface area contributed by atoms with Crippen LogP contribution in [0.2, 0.25) is 0 Å². The van der Waals surface area contributed by atoms with Gasteiger partial charge in [-0.05, 0) is 25.0 Å². The lowest BCUT2D eigenvalue weighted by Crippen LogP contribution is -2.27. The number of nitrogens with one attached hydrogen (secondary N) is 1. The molecular weight excluding hydrogens is 220 g/mol. The summed E-state index contributed by atoms with van der Waals surface area (Å²) in [4.78, 5) is 11.8. The summed E-state index contributed by atoms with van der Waals surface area (Å²) in [5, 5.41) is 2.76. The van der Waals surface area contributed by atoms with Crippen molar-refractivity contribution >= 4 is 17.3 Å². The van der Waals surface area contributed by atoms with E-state index in [2.05, 4.69) is 5.32 Å². The van der Waals surface area contributed by atoms with Crippen molar-refractivity contribution in [2.75, 3.05) is 24.8 Å². The number of nitrogen functional groups attached to an aromatic ring is 1. The molecule has 92 valence electrons. The van der Waals surface area contributed by atoms with Gasteiger partial charge in [0, 0.05) is 12.7 Å². The van der Waals surface area contributed by atoms with Gasteiger partial charge in [0.15, 0.2) is 0 Å². The number of hydrogen-bond donors (Lipinski definition) is 2. The van der Waals surface area contributed by atoms with E-state index in [1.165, 1.54) is 0 Å². The SMILES string of the molecule is COc1ccc(N)c(NC(=O)[C@@H]2CCCO2)c1. The first-order valence-electron chi connectivity index (χ1n) is 5.56. The third-order valence-corrected chi connectivity index (χ3v) is 2.74. The standard InChI is InChI=1S/C12H16N2O3/c1-16-8-4-5-9(13)10(7-8)14-12(15)11-3-2-6-17-11/h4-5,7,11H,2-3,6,13H2,1H3,(H,14,15)/t11-/m0/s1. The van der Waals surface area contributed by atoms with Crippen molar-refractivity contribution in [3.63, 3.8) is 0 Å². The normalized spacial score (nSPS) is 19.0. The monoisotopic (exact) mass is 236 g/mol. The van der Waals surface area contributed by atoms with Crippen LogP contribution in [0.4, 0.5) is 11.4 Å². The molecule has 0 aliphatic carbocycles. The summed E-state index contributed by atoms with van der Waals surface area (Å²) >= 11 is 0. The molecule has 0 unspecified atom stereocenters. The highest BCUT2D eigenvalue weighted by molar-refractivity contribution is 5.97. The van der Waals surface area contributed by atoms with Gasteiger partial charge in [0.2, 0.25) is 0 Å². The first kappa shape index (κ1) is 11.7. The zero-order valence-corrected chi connectivity index (χ0v) is 9.73. The summed E-state index contributed by atoms with van der Waals surface area (Å²) < 4.78 is 10.4. The second kappa shape index (κ2) is 5.05. The van der Waals surface area contributed by atoms with Gasteiger partial charge in [0.25, 0.3) is 5.91 Å². The maximum atomic E-state index is 11.8. The first-order chi connectivity index (χ1) is 8.20. The van der Waals surface area contributed by atoms with E-state index >= 15 is 0 Å². The predicted octanol–water partition coefficient (Wildman–Crippen LogP) is 1.39. The van der Waals surface area contributed by atoms with Gasteiger partial charge in [-0.2, -0.15) is 0 Å². The third-order valence-electron chi connectivity index (χ3n) is 2.74. The van der Waals surface area contributed by atoms with Crippen LogP contribution in [0.1, 0.15) is 12.8 Å². The summed E-state index contributed by atoms with van der Waals surface area (Å²) in [6.45, 7) is 0.645. The van der Waals surface area contributed by atoms with E-state index in [4.69, 9.17) is 15.2 Å². The Balaban J connectivity index is 2.09. The van der Waals surface area contributed by atoms with Crippen LogP contribution in [0.15, 0.2) is 18.2 Å². The number of rotatable bonds is 3. The van der Waals surface area contributed by atoms with Crippen LogP contribution < -0.4 is 15.8 Å². The second-order valence-corrected chi connectivity index (χ2v) is 3.94. The van der Waals surface area contributed by atoms with E-state index in [0.717, 1.165) is 12.8 Å². The summed E-state index contributed by atoms with van der Waals surface area (Å²) in [5.74, 6) is 0.504. The molecule has 0 aromatic heterocycles. The fraction of sp³-hybridized carbons (Fsp3) is 0.417. The lowest BCUT2D eigenvalue weighted by molar-refractivity contribution is -0.124. The van der Waals surface area contributed by atoms with Gasteiger partial charge in [-0.25, -0.2) is 0 Å². The molecule has 1 amide bonds. The predicted molar refractivity (Wildman–Crippen MR) is 65.0 cm³/mol. The molecule has 1 aromatic rings. The molecule has 0 radical (unpaired) electrons. The first-order valence-corrected chi connectivity index (χ1v) is 5.56. The van der Waals surface area contributed by atoms with Crippen LogP contribution >= 0.6 is 0 Å². The van der Waals surface area contributed by atoms with Crippen molar-refractivity contribution in [3.05, 3.63) is 18.2 Å².